The predicted molar refractivity (Wildman–Crippen MR) is 112 cm³/mol. The average molecular weight is 453 g/mol. The fourth-order valence-corrected chi connectivity index (χ4v) is 5.05. The van der Waals surface area contributed by atoms with Gasteiger partial charge in [-0.25, -0.2) is 0 Å². The van der Waals surface area contributed by atoms with Crippen molar-refractivity contribution in [1.29, 1.82) is 0 Å². The van der Waals surface area contributed by atoms with Crippen LogP contribution in [0.25, 0.3) is 11.0 Å². The number of halogens is 1. The predicted octanol–water partition coefficient (Wildman–Crippen LogP) is 3.64. The van der Waals surface area contributed by atoms with Crippen molar-refractivity contribution in [3.63, 3.8) is 0 Å². The molecule has 6 nitrogen and oxygen atoms in total. The summed E-state index contributed by atoms with van der Waals surface area (Å²) in [6.45, 7) is 4.38. The first kappa shape index (κ1) is 18.1. The van der Waals surface area contributed by atoms with Crippen LogP contribution in [-0.2, 0) is 10.3 Å². The van der Waals surface area contributed by atoms with Gasteiger partial charge in [-0.1, -0.05) is 34.1 Å². The molecule has 1 aromatic heterocycles. The Morgan fingerprint density at radius 1 is 1.03 bits per heavy atom. The number of hydrogen-bond donors (Lipinski definition) is 0. The molecule has 29 heavy (non-hydrogen) atoms. The molecule has 2 aliphatic rings. The molecule has 1 unspecified atom stereocenters. The van der Waals surface area contributed by atoms with E-state index in [0.29, 0.717) is 28.8 Å². The topological polar surface area (TPSA) is 70.8 Å². The molecule has 0 N–H and O–H groups in total. The zero-order valence-electron chi connectivity index (χ0n) is 15.9. The first-order valence-electron chi connectivity index (χ1n) is 9.47. The summed E-state index contributed by atoms with van der Waals surface area (Å²) in [6.07, 6.45) is 0. The van der Waals surface area contributed by atoms with Gasteiger partial charge in [0.15, 0.2) is 11.0 Å². The molecule has 3 heterocycles. The summed E-state index contributed by atoms with van der Waals surface area (Å²) in [4.78, 5) is 43.9. The zero-order valence-corrected chi connectivity index (χ0v) is 17.4. The summed E-state index contributed by atoms with van der Waals surface area (Å²) in [5.74, 6) is -0.782. The third-order valence-corrected chi connectivity index (χ3v) is 6.32. The number of amides is 2. The monoisotopic (exact) mass is 452 g/mol. The van der Waals surface area contributed by atoms with Crippen LogP contribution in [0.15, 0.2) is 56.1 Å². The van der Waals surface area contributed by atoms with Gasteiger partial charge in [-0.15, -0.1) is 0 Å². The molecule has 7 heteroatoms. The second kappa shape index (κ2) is 6.03. The van der Waals surface area contributed by atoms with Gasteiger partial charge >= 0.3 is 0 Å². The van der Waals surface area contributed by atoms with E-state index in [1.165, 1.54) is 4.90 Å². The fourth-order valence-electron chi connectivity index (χ4n) is 4.69. The van der Waals surface area contributed by atoms with Crippen molar-refractivity contribution in [2.75, 3.05) is 18.0 Å². The molecule has 0 radical (unpaired) electrons. The number of fused-ring (bicyclic) bond motifs is 5. The molecule has 2 amide bonds. The van der Waals surface area contributed by atoms with Crippen molar-refractivity contribution in [1.82, 2.24) is 4.90 Å². The molecule has 0 saturated heterocycles. The van der Waals surface area contributed by atoms with Crippen LogP contribution >= 0.6 is 15.9 Å². The second-order valence-electron chi connectivity index (χ2n) is 7.10. The highest BCUT2D eigenvalue weighted by Crippen LogP contribution is 2.52. The van der Waals surface area contributed by atoms with E-state index in [1.54, 1.807) is 30.0 Å². The number of anilines is 1. The van der Waals surface area contributed by atoms with E-state index in [9.17, 15) is 14.4 Å². The van der Waals surface area contributed by atoms with Crippen molar-refractivity contribution in [3.05, 3.63) is 74.0 Å². The van der Waals surface area contributed by atoms with Gasteiger partial charge in [0.05, 0.1) is 16.6 Å². The van der Waals surface area contributed by atoms with E-state index < -0.39 is 11.4 Å². The van der Waals surface area contributed by atoms with Crippen LogP contribution in [0, 0.1) is 0 Å². The molecular formula is C22H17BrN2O4. The Hall–Kier alpha value is -2.93. The first-order chi connectivity index (χ1) is 14.0. The summed E-state index contributed by atoms with van der Waals surface area (Å²) < 4.78 is 6.64. The number of para-hydroxylation sites is 1. The maximum atomic E-state index is 13.8. The van der Waals surface area contributed by atoms with Gasteiger partial charge in [0.25, 0.3) is 11.8 Å². The number of rotatable bonds is 2. The molecule has 0 saturated carbocycles. The zero-order chi connectivity index (χ0) is 20.5. The lowest BCUT2D eigenvalue weighted by Crippen LogP contribution is -2.53. The summed E-state index contributed by atoms with van der Waals surface area (Å²) in [7, 11) is 0. The molecule has 1 spiro atoms. The lowest BCUT2D eigenvalue weighted by Gasteiger charge is -2.33. The van der Waals surface area contributed by atoms with Crippen LogP contribution in [0.2, 0.25) is 0 Å². The minimum Gasteiger partial charge on any atom is -0.450 e. The van der Waals surface area contributed by atoms with Gasteiger partial charge in [0, 0.05) is 23.1 Å². The Bertz CT molecular complexity index is 1280. The highest BCUT2D eigenvalue weighted by atomic mass is 79.9. The standard InChI is InChI=1S/C22H17BrN2O4/c1-3-24-15-8-6-5-7-14(15)22(21(24)28)17-18(26)13-11-12(23)9-10-16(13)29-19(17)20(27)25(22)4-2/h5-11H,3-4H2,1-2H3. The first-order valence-corrected chi connectivity index (χ1v) is 10.3. The summed E-state index contributed by atoms with van der Waals surface area (Å²) in [6, 6.07) is 12.4. The summed E-state index contributed by atoms with van der Waals surface area (Å²) in [5.41, 5.74) is -0.0544. The van der Waals surface area contributed by atoms with Gasteiger partial charge in [-0.05, 0) is 38.1 Å². The molecule has 3 aromatic rings. The lowest BCUT2D eigenvalue weighted by molar-refractivity contribution is -0.125. The van der Waals surface area contributed by atoms with E-state index >= 15 is 0 Å². The smallest absolute Gasteiger partial charge is 0.291 e. The minimum absolute atomic E-state index is 0.0484. The van der Waals surface area contributed by atoms with Gasteiger partial charge in [0.2, 0.25) is 5.76 Å². The largest absolute Gasteiger partial charge is 0.450 e. The van der Waals surface area contributed by atoms with Gasteiger partial charge in [0.1, 0.15) is 5.58 Å². The minimum atomic E-state index is -1.50. The van der Waals surface area contributed by atoms with E-state index in [4.69, 9.17) is 4.42 Å². The number of benzene rings is 2. The molecular weight excluding hydrogens is 436 g/mol. The summed E-state index contributed by atoms with van der Waals surface area (Å²) in [5, 5.41) is 0.337. The molecule has 0 aliphatic carbocycles. The van der Waals surface area contributed by atoms with Crippen LogP contribution in [0.4, 0.5) is 5.69 Å². The molecule has 0 fully saturated rings. The van der Waals surface area contributed by atoms with Gasteiger partial charge < -0.3 is 14.2 Å². The van der Waals surface area contributed by atoms with Crippen molar-refractivity contribution in [3.8, 4) is 0 Å². The van der Waals surface area contributed by atoms with Crippen LogP contribution < -0.4 is 10.3 Å². The van der Waals surface area contributed by atoms with Crippen LogP contribution in [0.1, 0.15) is 35.5 Å². The fraction of sp³-hybridized carbons (Fsp3) is 0.227. The maximum Gasteiger partial charge on any atom is 0.291 e. The lowest BCUT2D eigenvalue weighted by atomic mass is 9.84. The Kier molecular flexibility index (Phi) is 3.77. The van der Waals surface area contributed by atoms with Crippen molar-refractivity contribution < 1.29 is 14.0 Å². The second-order valence-corrected chi connectivity index (χ2v) is 8.02. The highest BCUT2D eigenvalue weighted by molar-refractivity contribution is 9.10. The van der Waals surface area contributed by atoms with Gasteiger partial charge in [-0.3, -0.25) is 14.4 Å². The van der Waals surface area contributed by atoms with E-state index in [-0.39, 0.29) is 29.2 Å². The number of carbonyl (C=O) groups is 2. The molecule has 5 rings (SSSR count). The Balaban J connectivity index is 1.97. The van der Waals surface area contributed by atoms with E-state index in [1.807, 2.05) is 31.2 Å². The Morgan fingerprint density at radius 2 is 1.79 bits per heavy atom. The Morgan fingerprint density at radius 3 is 2.52 bits per heavy atom. The SMILES string of the molecule is CCN1C(=O)C2(c3ccccc31)c1c(oc3ccc(Br)cc3c1=O)C(=O)N2CC. The summed E-state index contributed by atoms with van der Waals surface area (Å²) >= 11 is 3.38. The number of likely N-dealkylation sites (N-methyl/N-ethyl adjacent to an activating group) is 2. The number of nitrogens with zero attached hydrogens (tertiary/aromatic N) is 2. The molecule has 146 valence electrons. The highest BCUT2D eigenvalue weighted by Gasteiger charge is 2.64. The molecule has 0 bridgehead atoms. The third kappa shape index (κ3) is 2.03. The van der Waals surface area contributed by atoms with E-state index in [2.05, 4.69) is 15.9 Å². The maximum absolute atomic E-state index is 13.8. The average Bonchev–Trinajstić information content (AvgIpc) is 3.12. The van der Waals surface area contributed by atoms with Crippen molar-refractivity contribution >= 4 is 44.4 Å². The number of hydrogen-bond acceptors (Lipinski definition) is 4. The number of carbonyl (C=O) groups excluding carboxylic acids is 2. The van der Waals surface area contributed by atoms with Gasteiger partial charge in [-0.2, -0.15) is 0 Å². The molecule has 1 atom stereocenters. The Labute approximate surface area is 174 Å². The van der Waals surface area contributed by atoms with Crippen LogP contribution in [0.3, 0.4) is 0 Å². The van der Waals surface area contributed by atoms with Crippen LogP contribution in [0.5, 0.6) is 0 Å². The normalized spacial score (nSPS) is 20.1. The van der Waals surface area contributed by atoms with Crippen molar-refractivity contribution in [2.45, 2.75) is 19.4 Å². The van der Waals surface area contributed by atoms with Crippen LogP contribution in [-0.4, -0.2) is 29.8 Å². The molecule has 2 aliphatic heterocycles. The quantitative estimate of drug-likeness (QED) is 0.594. The third-order valence-electron chi connectivity index (χ3n) is 5.83. The van der Waals surface area contributed by atoms with Crippen molar-refractivity contribution in [2.24, 2.45) is 0 Å². The van der Waals surface area contributed by atoms with E-state index in [0.717, 1.165) is 4.47 Å². The molecule has 2 aromatic carbocycles.